The number of aliphatic imine (C=N–C) groups is 1. The molecule has 0 saturated carbocycles. The average molecular weight is 452 g/mol. The molecule has 0 unspecified atom stereocenters. The Bertz CT molecular complexity index is 1580. The van der Waals surface area contributed by atoms with Crippen LogP contribution in [0.4, 0.5) is 5.69 Å². The summed E-state index contributed by atoms with van der Waals surface area (Å²) in [6.45, 7) is 3.91. The van der Waals surface area contributed by atoms with Crippen LogP contribution in [0.1, 0.15) is 27.8 Å². The Balaban J connectivity index is 1.77. The van der Waals surface area contributed by atoms with Gasteiger partial charge in [0.2, 0.25) is 5.88 Å². The Morgan fingerprint density at radius 1 is 1.00 bits per heavy atom. The summed E-state index contributed by atoms with van der Waals surface area (Å²) in [5.74, 6) is -0.207. The lowest BCUT2D eigenvalue weighted by molar-refractivity contribution is 0.431. The van der Waals surface area contributed by atoms with Crippen LogP contribution in [0.25, 0.3) is 17.3 Å². The predicted molar refractivity (Wildman–Crippen MR) is 135 cm³/mol. The molecular formula is C27H21N3O2S. The lowest BCUT2D eigenvalue weighted by atomic mass is 9.96. The summed E-state index contributed by atoms with van der Waals surface area (Å²) in [6.07, 6.45) is 1.70. The maximum atomic E-state index is 13.0. The fourth-order valence-electron chi connectivity index (χ4n) is 4.07. The van der Waals surface area contributed by atoms with E-state index < -0.39 is 5.56 Å². The van der Waals surface area contributed by atoms with E-state index in [0.29, 0.717) is 0 Å². The standard InChI is InChI=1S/C27H21N3O2S/c1-16-12-13-17(2)23(14-16)30-26(32)21(25(31)29-27(30)33)15-20-19-10-6-7-11-22(19)28-24(20)18-8-4-3-5-9-18/h3-15,32H,1-2H3,(H,29,31,33). The van der Waals surface area contributed by atoms with E-state index in [2.05, 4.69) is 4.98 Å². The highest BCUT2D eigenvalue weighted by Crippen LogP contribution is 2.38. The van der Waals surface area contributed by atoms with Crippen molar-refractivity contribution in [3.63, 3.8) is 0 Å². The van der Waals surface area contributed by atoms with Crippen molar-refractivity contribution < 1.29 is 5.11 Å². The van der Waals surface area contributed by atoms with Gasteiger partial charge in [-0.3, -0.25) is 14.3 Å². The molecule has 2 heterocycles. The van der Waals surface area contributed by atoms with Gasteiger partial charge in [0.05, 0.1) is 17.1 Å². The molecule has 5 nitrogen and oxygen atoms in total. The van der Waals surface area contributed by atoms with Crippen molar-refractivity contribution in [2.75, 3.05) is 0 Å². The first-order chi connectivity index (χ1) is 15.9. The molecule has 0 aliphatic carbocycles. The van der Waals surface area contributed by atoms with Gasteiger partial charge in [0.15, 0.2) is 4.77 Å². The molecule has 0 bridgehead atoms. The van der Waals surface area contributed by atoms with Crippen molar-refractivity contribution in [3.8, 4) is 11.6 Å². The van der Waals surface area contributed by atoms with Gasteiger partial charge in [0.1, 0.15) is 5.56 Å². The lowest BCUT2D eigenvalue weighted by Crippen LogP contribution is -2.17. The van der Waals surface area contributed by atoms with Crippen molar-refractivity contribution in [2.24, 2.45) is 4.99 Å². The summed E-state index contributed by atoms with van der Waals surface area (Å²) in [5, 5.41) is 11.3. The highest BCUT2D eigenvalue weighted by atomic mass is 32.1. The van der Waals surface area contributed by atoms with Crippen LogP contribution in [-0.4, -0.2) is 20.4 Å². The third-order valence-electron chi connectivity index (χ3n) is 5.74. The molecule has 0 saturated heterocycles. The van der Waals surface area contributed by atoms with Gasteiger partial charge in [-0.25, -0.2) is 4.99 Å². The van der Waals surface area contributed by atoms with E-state index in [1.807, 2.05) is 86.6 Å². The molecule has 2 N–H and O–H groups in total. The van der Waals surface area contributed by atoms with Gasteiger partial charge < -0.3 is 5.11 Å². The second kappa shape index (κ2) is 8.15. The third kappa shape index (κ3) is 3.64. The van der Waals surface area contributed by atoms with Gasteiger partial charge in [-0.1, -0.05) is 60.7 Å². The first kappa shape index (κ1) is 20.8. The zero-order valence-electron chi connectivity index (χ0n) is 18.2. The molecule has 0 atom stereocenters. The predicted octanol–water partition coefficient (Wildman–Crippen LogP) is 5.89. The molecule has 162 valence electrons. The third-order valence-corrected chi connectivity index (χ3v) is 6.03. The molecule has 5 rings (SSSR count). The van der Waals surface area contributed by atoms with Crippen LogP contribution in [-0.2, 0) is 0 Å². The zero-order chi connectivity index (χ0) is 23.1. The van der Waals surface area contributed by atoms with Crippen LogP contribution < -0.4 is 5.56 Å². The highest BCUT2D eigenvalue weighted by molar-refractivity contribution is 7.71. The SMILES string of the molecule is Cc1ccc(C)c(-n2c(O)c(C=C3C(c4ccccc4)=Nc4ccccc43)c(=O)[nH]c2=S)c1. The van der Waals surface area contributed by atoms with Gasteiger partial charge in [-0.05, 0) is 55.4 Å². The zero-order valence-corrected chi connectivity index (χ0v) is 19.0. The molecular weight excluding hydrogens is 430 g/mol. The minimum absolute atomic E-state index is 0.125. The molecule has 1 aromatic heterocycles. The summed E-state index contributed by atoms with van der Waals surface area (Å²) < 4.78 is 1.64. The van der Waals surface area contributed by atoms with E-state index in [4.69, 9.17) is 17.2 Å². The number of aryl methyl sites for hydroxylation is 2. The van der Waals surface area contributed by atoms with Crippen molar-refractivity contribution >= 4 is 35.3 Å². The number of aromatic hydroxyl groups is 1. The normalized spacial score (nSPS) is 13.8. The van der Waals surface area contributed by atoms with Crippen molar-refractivity contribution in [2.45, 2.75) is 13.8 Å². The summed E-state index contributed by atoms with van der Waals surface area (Å²) >= 11 is 5.42. The molecule has 33 heavy (non-hydrogen) atoms. The summed E-state index contributed by atoms with van der Waals surface area (Å²) in [6, 6.07) is 23.4. The average Bonchev–Trinajstić information content (AvgIpc) is 3.18. The maximum Gasteiger partial charge on any atom is 0.262 e. The molecule has 6 heteroatoms. The van der Waals surface area contributed by atoms with Crippen LogP contribution in [0.5, 0.6) is 5.88 Å². The van der Waals surface area contributed by atoms with E-state index in [1.165, 1.54) is 4.57 Å². The first-order valence-corrected chi connectivity index (χ1v) is 11.0. The number of aromatic nitrogens is 2. The number of para-hydroxylation sites is 1. The van der Waals surface area contributed by atoms with E-state index in [-0.39, 0.29) is 16.2 Å². The van der Waals surface area contributed by atoms with E-state index >= 15 is 0 Å². The Kier molecular flexibility index (Phi) is 5.15. The summed E-state index contributed by atoms with van der Waals surface area (Å²) in [7, 11) is 0. The largest absolute Gasteiger partial charge is 0.494 e. The first-order valence-electron chi connectivity index (χ1n) is 10.6. The van der Waals surface area contributed by atoms with Crippen LogP contribution in [0, 0.1) is 18.6 Å². The number of H-pyrrole nitrogens is 1. The highest BCUT2D eigenvalue weighted by Gasteiger charge is 2.24. The fourth-order valence-corrected chi connectivity index (χ4v) is 4.34. The molecule has 0 fully saturated rings. The Hall–Kier alpha value is -4.03. The molecule has 0 radical (unpaired) electrons. The number of allylic oxidation sites excluding steroid dienone is 1. The number of hydrogen-bond donors (Lipinski definition) is 2. The molecule has 0 spiro atoms. The molecule has 1 aliphatic heterocycles. The van der Waals surface area contributed by atoms with E-state index in [1.54, 1.807) is 6.08 Å². The smallest absolute Gasteiger partial charge is 0.262 e. The van der Waals surface area contributed by atoms with Gasteiger partial charge in [0, 0.05) is 16.7 Å². The number of hydrogen-bond acceptors (Lipinski definition) is 4. The Morgan fingerprint density at radius 2 is 1.73 bits per heavy atom. The van der Waals surface area contributed by atoms with Crippen LogP contribution >= 0.6 is 12.2 Å². The summed E-state index contributed by atoms with van der Waals surface area (Å²) in [5.41, 5.74) is 6.50. The topological polar surface area (TPSA) is 70.4 Å². The second-order valence-corrected chi connectivity index (χ2v) is 8.41. The van der Waals surface area contributed by atoms with E-state index in [9.17, 15) is 9.90 Å². The van der Waals surface area contributed by atoms with Crippen molar-refractivity contribution in [1.29, 1.82) is 0 Å². The van der Waals surface area contributed by atoms with Gasteiger partial charge in [0.25, 0.3) is 5.56 Å². The maximum absolute atomic E-state index is 13.0. The van der Waals surface area contributed by atoms with Gasteiger partial charge in [-0.2, -0.15) is 0 Å². The molecule has 3 aromatic carbocycles. The number of nitrogens with zero attached hydrogens (tertiary/aromatic N) is 2. The fraction of sp³-hybridized carbons (Fsp3) is 0.0741. The number of fused-ring (bicyclic) bond motifs is 1. The minimum Gasteiger partial charge on any atom is -0.494 e. The lowest BCUT2D eigenvalue weighted by Gasteiger charge is -2.15. The monoisotopic (exact) mass is 451 g/mol. The summed E-state index contributed by atoms with van der Waals surface area (Å²) in [4.78, 5) is 20.5. The Labute approximate surface area is 196 Å². The number of nitrogens with one attached hydrogen (secondary N) is 1. The molecule has 4 aromatic rings. The second-order valence-electron chi connectivity index (χ2n) is 8.02. The van der Waals surface area contributed by atoms with Crippen LogP contribution in [0.15, 0.2) is 82.6 Å². The van der Waals surface area contributed by atoms with E-state index in [0.717, 1.165) is 44.9 Å². The van der Waals surface area contributed by atoms with Crippen molar-refractivity contribution in [1.82, 2.24) is 9.55 Å². The van der Waals surface area contributed by atoms with Crippen LogP contribution in [0.2, 0.25) is 0 Å². The molecule has 0 amide bonds. The molecule has 1 aliphatic rings. The van der Waals surface area contributed by atoms with Gasteiger partial charge >= 0.3 is 0 Å². The number of rotatable bonds is 3. The number of benzene rings is 3. The minimum atomic E-state index is -0.455. The number of aromatic amines is 1. The van der Waals surface area contributed by atoms with Crippen molar-refractivity contribution in [3.05, 3.63) is 116 Å². The van der Waals surface area contributed by atoms with Crippen LogP contribution in [0.3, 0.4) is 0 Å². The Morgan fingerprint density at radius 3 is 2.52 bits per heavy atom. The quantitative estimate of drug-likeness (QED) is 0.382. The van der Waals surface area contributed by atoms with Gasteiger partial charge in [-0.15, -0.1) is 0 Å².